The maximum absolute atomic E-state index is 12.5. The SMILES string of the molecule is CC1CN(C(=O)c2nc(C(C)C)ncc2N)CCS1. The number of nitrogens with two attached hydrogens (primary N) is 1. The molecule has 0 saturated carbocycles. The van der Waals surface area contributed by atoms with E-state index in [1.54, 1.807) is 0 Å². The van der Waals surface area contributed by atoms with Crippen LogP contribution in [0.4, 0.5) is 5.69 Å². The molecule has 104 valence electrons. The van der Waals surface area contributed by atoms with Gasteiger partial charge in [0.1, 0.15) is 5.82 Å². The molecular formula is C13H20N4OS. The zero-order valence-corrected chi connectivity index (χ0v) is 12.4. The Balaban J connectivity index is 2.24. The lowest BCUT2D eigenvalue weighted by Crippen LogP contribution is -2.41. The molecule has 1 aromatic heterocycles. The fourth-order valence-electron chi connectivity index (χ4n) is 2.01. The van der Waals surface area contributed by atoms with Crippen molar-refractivity contribution in [1.29, 1.82) is 0 Å². The molecule has 0 aliphatic carbocycles. The van der Waals surface area contributed by atoms with E-state index in [4.69, 9.17) is 5.73 Å². The van der Waals surface area contributed by atoms with Crippen LogP contribution in [0.15, 0.2) is 6.20 Å². The molecule has 0 bridgehead atoms. The first-order chi connectivity index (χ1) is 8.99. The van der Waals surface area contributed by atoms with Crippen LogP contribution >= 0.6 is 11.8 Å². The van der Waals surface area contributed by atoms with Gasteiger partial charge in [-0.1, -0.05) is 20.8 Å². The normalized spacial score (nSPS) is 19.8. The standard InChI is InChI=1S/C13H20N4OS/c1-8(2)12-15-6-10(14)11(16-12)13(18)17-4-5-19-9(3)7-17/h6,8-9H,4-5,7,14H2,1-3H3. The topological polar surface area (TPSA) is 72.1 Å². The molecule has 5 nitrogen and oxygen atoms in total. The minimum absolute atomic E-state index is 0.0750. The number of hydrogen-bond acceptors (Lipinski definition) is 5. The predicted molar refractivity (Wildman–Crippen MR) is 78.4 cm³/mol. The molecule has 1 fully saturated rings. The van der Waals surface area contributed by atoms with Gasteiger partial charge in [-0.15, -0.1) is 0 Å². The van der Waals surface area contributed by atoms with Crippen LogP contribution in [0.2, 0.25) is 0 Å². The highest BCUT2D eigenvalue weighted by atomic mass is 32.2. The molecule has 0 aromatic carbocycles. The fraction of sp³-hybridized carbons (Fsp3) is 0.615. The van der Waals surface area contributed by atoms with Gasteiger partial charge in [-0.3, -0.25) is 4.79 Å². The number of amides is 1. The second-order valence-corrected chi connectivity index (χ2v) is 6.67. The molecule has 1 aliphatic rings. The first-order valence-electron chi connectivity index (χ1n) is 6.52. The van der Waals surface area contributed by atoms with Crippen molar-refractivity contribution in [2.75, 3.05) is 24.6 Å². The third kappa shape index (κ3) is 3.18. The van der Waals surface area contributed by atoms with Crippen molar-refractivity contribution < 1.29 is 4.79 Å². The summed E-state index contributed by atoms with van der Waals surface area (Å²) in [6.45, 7) is 7.64. The quantitative estimate of drug-likeness (QED) is 0.893. The molecule has 19 heavy (non-hydrogen) atoms. The molecule has 1 amide bonds. The third-order valence-corrected chi connectivity index (χ3v) is 4.22. The minimum Gasteiger partial charge on any atom is -0.396 e. The van der Waals surface area contributed by atoms with E-state index in [9.17, 15) is 4.79 Å². The van der Waals surface area contributed by atoms with Gasteiger partial charge in [-0.2, -0.15) is 11.8 Å². The number of nitrogens with zero attached hydrogens (tertiary/aromatic N) is 3. The van der Waals surface area contributed by atoms with Crippen LogP contribution in [0.25, 0.3) is 0 Å². The Labute approximate surface area is 118 Å². The summed E-state index contributed by atoms with van der Waals surface area (Å²) in [7, 11) is 0. The molecule has 2 heterocycles. The van der Waals surface area contributed by atoms with Gasteiger partial charge >= 0.3 is 0 Å². The summed E-state index contributed by atoms with van der Waals surface area (Å²) in [5.74, 6) is 1.74. The highest BCUT2D eigenvalue weighted by Gasteiger charge is 2.25. The second kappa shape index (κ2) is 5.77. The van der Waals surface area contributed by atoms with Crippen LogP contribution in [0.3, 0.4) is 0 Å². The van der Waals surface area contributed by atoms with E-state index in [-0.39, 0.29) is 11.8 Å². The summed E-state index contributed by atoms with van der Waals surface area (Å²) >= 11 is 1.89. The van der Waals surface area contributed by atoms with Gasteiger partial charge in [-0.05, 0) is 0 Å². The maximum Gasteiger partial charge on any atom is 0.274 e. The summed E-state index contributed by atoms with van der Waals surface area (Å²) in [6.07, 6.45) is 1.54. The van der Waals surface area contributed by atoms with E-state index in [1.807, 2.05) is 30.5 Å². The van der Waals surface area contributed by atoms with Crippen molar-refractivity contribution in [3.8, 4) is 0 Å². The average Bonchev–Trinajstić information content (AvgIpc) is 2.38. The molecule has 0 spiro atoms. The van der Waals surface area contributed by atoms with Crippen LogP contribution in [0.5, 0.6) is 0 Å². The summed E-state index contributed by atoms with van der Waals surface area (Å²) in [4.78, 5) is 22.8. The van der Waals surface area contributed by atoms with Crippen LogP contribution < -0.4 is 5.73 Å². The first-order valence-corrected chi connectivity index (χ1v) is 7.57. The number of carbonyl (C=O) groups excluding carboxylic acids is 1. The van der Waals surface area contributed by atoms with Crippen LogP contribution in [-0.2, 0) is 0 Å². The summed E-state index contributed by atoms with van der Waals surface area (Å²) in [5.41, 5.74) is 6.56. The van der Waals surface area contributed by atoms with E-state index >= 15 is 0 Å². The largest absolute Gasteiger partial charge is 0.396 e. The van der Waals surface area contributed by atoms with E-state index in [0.29, 0.717) is 22.5 Å². The monoisotopic (exact) mass is 280 g/mol. The molecular weight excluding hydrogens is 260 g/mol. The van der Waals surface area contributed by atoms with E-state index in [1.165, 1.54) is 6.20 Å². The highest BCUT2D eigenvalue weighted by molar-refractivity contribution is 7.99. The Morgan fingerprint density at radius 2 is 2.32 bits per heavy atom. The average molecular weight is 280 g/mol. The van der Waals surface area contributed by atoms with E-state index in [2.05, 4.69) is 16.9 Å². The first kappa shape index (κ1) is 14.1. The van der Waals surface area contributed by atoms with Gasteiger partial charge in [0.05, 0.1) is 11.9 Å². The highest BCUT2D eigenvalue weighted by Crippen LogP contribution is 2.21. The molecule has 1 atom stereocenters. The Kier molecular flexibility index (Phi) is 4.29. The van der Waals surface area contributed by atoms with Gasteiger partial charge < -0.3 is 10.6 Å². The van der Waals surface area contributed by atoms with Crippen molar-refractivity contribution in [2.24, 2.45) is 0 Å². The third-order valence-electron chi connectivity index (χ3n) is 3.08. The number of nitrogen functional groups attached to an aromatic ring is 1. The van der Waals surface area contributed by atoms with Gasteiger partial charge in [0.25, 0.3) is 5.91 Å². The molecule has 0 radical (unpaired) electrons. The molecule has 1 unspecified atom stereocenters. The second-order valence-electron chi connectivity index (χ2n) is 5.12. The van der Waals surface area contributed by atoms with E-state index < -0.39 is 0 Å². The lowest BCUT2D eigenvalue weighted by molar-refractivity contribution is 0.0758. The van der Waals surface area contributed by atoms with Crippen molar-refractivity contribution >= 4 is 23.4 Å². The fourth-order valence-corrected chi connectivity index (χ4v) is 3.02. The van der Waals surface area contributed by atoms with Crippen molar-refractivity contribution in [2.45, 2.75) is 31.9 Å². The number of carbonyl (C=O) groups is 1. The zero-order chi connectivity index (χ0) is 14.0. The Hall–Kier alpha value is -1.30. The van der Waals surface area contributed by atoms with Crippen LogP contribution in [0, 0.1) is 0 Å². The van der Waals surface area contributed by atoms with Crippen LogP contribution in [0.1, 0.15) is 43.0 Å². The van der Waals surface area contributed by atoms with E-state index in [0.717, 1.165) is 18.8 Å². The minimum atomic E-state index is -0.0750. The molecule has 6 heteroatoms. The summed E-state index contributed by atoms with van der Waals surface area (Å²) in [6, 6.07) is 0. The number of rotatable bonds is 2. The maximum atomic E-state index is 12.5. The van der Waals surface area contributed by atoms with Crippen LogP contribution in [-0.4, -0.2) is 44.9 Å². The molecule has 2 N–H and O–H groups in total. The number of anilines is 1. The lowest BCUT2D eigenvalue weighted by atomic mass is 10.2. The molecule has 1 aromatic rings. The predicted octanol–water partition coefficient (Wildman–Crippen LogP) is 1.76. The summed E-state index contributed by atoms with van der Waals surface area (Å²) < 4.78 is 0. The van der Waals surface area contributed by atoms with Gasteiger partial charge in [0, 0.05) is 30.0 Å². The Morgan fingerprint density at radius 1 is 1.58 bits per heavy atom. The van der Waals surface area contributed by atoms with Crippen molar-refractivity contribution in [1.82, 2.24) is 14.9 Å². The lowest BCUT2D eigenvalue weighted by Gasteiger charge is -2.30. The van der Waals surface area contributed by atoms with Gasteiger partial charge in [0.2, 0.25) is 0 Å². The van der Waals surface area contributed by atoms with Crippen molar-refractivity contribution in [3.05, 3.63) is 17.7 Å². The van der Waals surface area contributed by atoms with Gasteiger partial charge in [-0.25, -0.2) is 9.97 Å². The van der Waals surface area contributed by atoms with Crippen molar-refractivity contribution in [3.63, 3.8) is 0 Å². The Morgan fingerprint density at radius 3 is 2.95 bits per heavy atom. The molecule has 1 aliphatic heterocycles. The smallest absolute Gasteiger partial charge is 0.274 e. The number of hydrogen-bond donors (Lipinski definition) is 1. The van der Waals surface area contributed by atoms with Gasteiger partial charge in [0.15, 0.2) is 5.69 Å². The molecule has 1 saturated heterocycles. The molecule has 2 rings (SSSR count). The number of aromatic nitrogens is 2. The number of thioether (sulfide) groups is 1. The zero-order valence-electron chi connectivity index (χ0n) is 11.6. The summed E-state index contributed by atoms with van der Waals surface area (Å²) in [5, 5.41) is 0.463. The Bertz CT molecular complexity index is 478.